The molecule has 0 unspecified atom stereocenters. The number of pyridine rings is 1. The Hall–Kier alpha value is -1.38. The van der Waals surface area contributed by atoms with Gasteiger partial charge in [0.25, 0.3) is 0 Å². The second kappa shape index (κ2) is 10.5. The van der Waals surface area contributed by atoms with Crippen molar-refractivity contribution in [3.63, 3.8) is 0 Å². The Morgan fingerprint density at radius 2 is 1.79 bits per heavy atom. The molecule has 1 heterocycles. The minimum Gasteiger partial charge on any atom is -0.425 e. The third-order valence-electron chi connectivity index (χ3n) is 5.24. The molecule has 1 fully saturated rings. The van der Waals surface area contributed by atoms with Gasteiger partial charge in [0.15, 0.2) is 0 Å². The largest absolute Gasteiger partial charge is 0.425 e. The standard InChI is InChI=1S/C21H33NO2/c1-3-5-7-21(23)24-20-15-14-19(22-16-20)13-12-18-10-8-17(6-4-2)9-11-18/h14-18H,3-13H2,1-2H3/t17-,18-. The average Bonchev–Trinajstić information content (AvgIpc) is 2.61. The third kappa shape index (κ3) is 6.62. The highest BCUT2D eigenvalue weighted by Gasteiger charge is 2.20. The van der Waals surface area contributed by atoms with E-state index in [0.29, 0.717) is 12.2 Å². The third-order valence-corrected chi connectivity index (χ3v) is 5.24. The lowest BCUT2D eigenvalue weighted by atomic mass is 9.78. The monoisotopic (exact) mass is 331 g/mol. The first-order chi connectivity index (χ1) is 11.7. The summed E-state index contributed by atoms with van der Waals surface area (Å²) in [5.74, 6) is 2.26. The van der Waals surface area contributed by atoms with Gasteiger partial charge in [0.05, 0.1) is 6.20 Å². The summed E-state index contributed by atoms with van der Waals surface area (Å²) in [6, 6.07) is 3.88. The number of esters is 1. The predicted octanol–water partition coefficient (Wildman–Crippen LogP) is 5.72. The Labute approximate surface area is 147 Å². The van der Waals surface area contributed by atoms with Crippen molar-refractivity contribution in [2.24, 2.45) is 11.8 Å². The molecule has 0 aliphatic heterocycles. The van der Waals surface area contributed by atoms with Crippen LogP contribution in [0.4, 0.5) is 0 Å². The van der Waals surface area contributed by atoms with Crippen LogP contribution in [-0.4, -0.2) is 11.0 Å². The summed E-state index contributed by atoms with van der Waals surface area (Å²) in [6.07, 6.45) is 14.7. The van der Waals surface area contributed by atoms with Crippen molar-refractivity contribution >= 4 is 5.97 Å². The summed E-state index contributed by atoms with van der Waals surface area (Å²) in [7, 11) is 0. The first kappa shape index (κ1) is 19.0. The Kier molecular flexibility index (Phi) is 8.27. The van der Waals surface area contributed by atoms with Crippen LogP contribution in [-0.2, 0) is 11.2 Å². The number of hydrogen-bond acceptors (Lipinski definition) is 3. The lowest BCUT2D eigenvalue weighted by molar-refractivity contribution is -0.134. The summed E-state index contributed by atoms with van der Waals surface area (Å²) in [4.78, 5) is 16.1. The number of carbonyl (C=O) groups excluding carboxylic acids is 1. The minimum absolute atomic E-state index is 0.157. The van der Waals surface area contributed by atoms with Gasteiger partial charge in [0.2, 0.25) is 0 Å². The van der Waals surface area contributed by atoms with E-state index in [1.54, 1.807) is 6.20 Å². The van der Waals surface area contributed by atoms with E-state index in [4.69, 9.17) is 4.74 Å². The Balaban J connectivity index is 1.69. The molecule has 2 rings (SSSR count). The molecule has 1 aliphatic rings. The van der Waals surface area contributed by atoms with Crippen LogP contribution in [0.3, 0.4) is 0 Å². The van der Waals surface area contributed by atoms with E-state index < -0.39 is 0 Å². The predicted molar refractivity (Wildman–Crippen MR) is 98.1 cm³/mol. The van der Waals surface area contributed by atoms with Crippen LogP contribution in [0.15, 0.2) is 18.3 Å². The van der Waals surface area contributed by atoms with Crippen molar-refractivity contribution in [1.29, 1.82) is 0 Å². The molecule has 0 spiro atoms. The van der Waals surface area contributed by atoms with Crippen LogP contribution < -0.4 is 4.74 Å². The fourth-order valence-corrected chi connectivity index (χ4v) is 3.69. The molecule has 0 bridgehead atoms. The topological polar surface area (TPSA) is 39.2 Å². The number of aromatic nitrogens is 1. The maximum Gasteiger partial charge on any atom is 0.311 e. The molecule has 0 saturated heterocycles. The van der Waals surface area contributed by atoms with Gasteiger partial charge in [0.1, 0.15) is 5.75 Å². The number of nitrogens with zero attached hydrogens (tertiary/aromatic N) is 1. The molecule has 0 atom stereocenters. The number of hydrogen-bond donors (Lipinski definition) is 0. The van der Waals surface area contributed by atoms with E-state index in [1.807, 2.05) is 12.1 Å². The van der Waals surface area contributed by atoms with Crippen LogP contribution >= 0.6 is 0 Å². The SMILES string of the molecule is CCCCC(=O)Oc1ccc(CC[C@H]2CC[C@H](CCC)CC2)nc1. The highest BCUT2D eigenvalue weighted by molar-refractivity contribution is 5.72. The van der Waals surface area contributed by atoms with Gasteiger partial charge in [-0.05, 0) is 43.2 Å². The second-order valence-corrected chi connectivity index (χ2v) is 7.28. The van der Waals surface area contributed by atoms with E-state index in [-0.39, 0.29) is 5.97 Å². The van der Waals surface area contributed by atoms with E-state index in [1.165, 1.54) is 44.9 Å². The summed E-state index contributed by atoms with van der Waals surface area (Å²) in [5, 5.41) is 0. The molecule has 1 aliphatic carbocycles. The van der Waals surface area contributed by atoms with E-state index in [0.717, 1.165) is 36.8 Å². The number of ether oxygens (including phenoxy) is 1. The summed E-state index contributed by atoms with van der Waals surface area (Å²) < 4.78 is 5.30. The van der Waals surface area contributed by atoms with Gasteiger partial charge in [-0.3, -0.25) is 9.78 Å². The van der Waals surface area contributed by atoms with Gasteiger partial charge < -0.3 is 4.74 Å². The molecule has 134 valence electrons. The number of carbonyl (C=O) groups is 1. The van der Waals surface area contributed by atoms with Crippen molar-refractivity contribution in [3.05, 3.63) is 24.0 Å². The molecule has 1 aromatic heterocycles. The number of rotatable bonds is 9. The summed E-state index contributed by atoms with van der Waals surface area (Å²) >= 11 is 0. The second-order valence-electron chi connectivity index (χ2n) is 7.28. The van der Waals surface area contributed by atoms with Crippen molar-refractivity contribution in [2.45, 2.75) is 84.5 Å². The Morgan fingerprint density at radius 3 is 2.38 bits per heavy atom. The zero-order valence-corrected chi connectivity index (χ0v) is 15.4. The normalized spacial score (nSPS) is 20.8. The van der Waals surface area contributed by atoms with Crippen LogP contribution in [0.5, 0.6) is 5.75 Å². The van der Waals surface area contributed by atoms with E-state index in [9.17, 15) is 4.79 Å². The molecule has 3 heteroatoms. The van der Waals surface area contributed by atoms with Crippen LogP contribution in [0.2, 0.25) is 0 Å². The highest BCUT2D eigenvalue weighted by Crippen LogP contribution is 2.33. The Bertz CT molecular complexity index is 475. The molecule has 0 amide bonds. The number of aryl methyl sites for hydroxylation is 1. The lowest BCUT2D eigenvalue weighted by Crippen LogP contribution is -2.15. The minimum atomic E-state index is -0.157. The molecule has 1 saturated carbocycles. The van der Waals surface area contributed by atoms with Crippen LogP contribution in [0, 0.1) is 11.8 Å². The van der Waals surface area contributed by atoms with Crippen molar-refractivity contribution in [2.75, 3.05) is 0 Å². The summed E-state index contributed by atoms with van der Waals surface area (Å²) in [5.41, 5.74) is 1.11. The van der Waals surface area contributed by atoms with Gasteiger partial charge in [-0.2, -0.15) is 0 Å². The smallest absolute Gasteiger partial charge is 0.311 e. The number of unbranched alkanes of at least 4 members (excludes halogenated alkanes) is 1. The molecular formula is C21H33NO2. The first-order valence-electron chi connectivity index (χ1n) is 9.86. The van der Waals surface area contributed by atoms with Gasteiger partial charge in [-0.1, -0.05) is 58.8 Å². The molecule has 0 N–H and O–H groups in total. The van der Waals surface area contributed by atoms with Gasteiger partial charge in [0, 0.05) is 12.1 Å². The quantitative estimate of drug-likeness (QED) is 0.543. The fourth-order valence-electron chi connectivity index (χ4n) is 3.69. The van der Waals surface area contributed by atoms with Crippen LogP contribution in [0.25, 0.3) is 0 Å². The molecular weight excluding hydrogens is 298 g/mol. The maximum absolute atomic E-state index is 11.6. The molecule has 24 heavy (non-hydrogen) atoms. The first-order valence-corrected chi connectivity index (χ1v) is 9.86. The van der Waals surface area contributed by atoms with Crippen molar-refractivity contribution in [1.82, 2.24) is 4.98 Å². The van der Waals surface area contributed by atoms with Gasteiger partial charge >= 0.3 is 5.97 Å². The van der Waals surface area contributed by atoms with E-state index >= 15 is 0 Å². The lowest BCUT2D eigenvalue weighted by Gasteiger charge is -2.28. The van der Waals surface area contributed by atoms with Crippen LogP contribution in [0.1, 0.15) is 83.7 Å². The molecule has 0 aromatic carbocycles. The zero-order valence-electron chi connectivity index (χ0n) is 15.4. The summed E-state index contributed by atoms with van der Waals surface area (Å²) in [6.45, 7) is 4.36. The average molecular weight is 332 g/mol. The zero-order chi connectivity index (χ0) is 17.2. The maximum atomic E-state index is 11.6. The van der Waals surface area contributed by atoms with E-state index in [2.05, 4.69) is 18.8 Å². The van der Waals surface area contributed by atoms with Crippen molar-refractivity contribution < 1.29 is 9.53 Å². The highest BCUT2D eigenvalue weighted by atomic mass is 16.5. The fraction of sp³-hybridized carbons (Fsp3) is 0.714. The molecule has 1 aromatic rings. The molecule has 0 radical (unpaired) electrons. The van der Waals surface area contributed by atoms with Gasteiger partial charge in [-0.15, -0.1) is 0 Å². The van der Waals surface area contributed by atoms with Gasteiger partial charge in [-0.25, -0.2) is 0 Å². The Morgan fingerprint density at radius 1 is 1.08 bits per heavy atom. The van der Waals surface area contributed by atoms with Crippen molar-refractivity contribution in [3.8, 4) is 5.75 Å². The molecule has 3 nitrogen and oxygen atoms in total.